The highest BCUT2D eigenvalue weighted by Crippen LogP contribution is 2.42. The molecule has 27 heavy (non-hydrogen) atoms. The van der Waals surface area contributed by atoms with E-state index in [1.165, 1.54) is 11.3 Å². The third kappa shape index (κ3) is 2.50. The fourth-order valence-corrected chi connectivity index (χ4v) is 4.17. The summed E-state index contributed by atoms with van der Waals surface area (Å²) < 4.78 is 0.805. The van der Waals surface area contributed by atoms with Crippen LogP contribution in [0.15, 0.2) is 60.7 Å². The lowest BCUT2D eigenvalue weighted by Gasteiger charge is -2.10. The number of fused-ring (bicyclic) bond motifs is 3. The van der Waals surface area contributed by atoms with E-state index in [9.17, 15) is 0 Å². The summed E-state index contributed by atoms with van der Waals surface area (Å²) >= 11 is 1.44. The molecule has 0 aliphatic rings. The van der Waals surface area contributed by atoms with Crippen LogP contribution in [0.5, 0.6) is 0 Å². The van der Waals surface area contributed by atoms with Crippen LogP contribution in [0.25, 0.3) is 42.8 Å². The van der Waals surface area contributed by atoms with Crippen LogP contribution in [0.1, 0.15) is 0 Å². The maximum atomic E-state index is 5.60. The SMILES string of the molecule is NNc1nnnc2c1sc1nnc(-c3ccccc3)c(-c3ccccc3)c12. The van der Waals surface area contributed by atoms with Crippen LogP contribution < -0.4 is 11.3 Å². The van der Waals surface area contributed by atoms with Crippen LogP contribution in [0.3, 0.4) is 0 Å². The number of rotatable bonds is 3. The van der Waals surface area contributed by atoms with Crippen LogP contribution in [-0.2, 0) is 0 Å². The van der Waals surface area contributed by atoms with Gasteiger partial charge in [-0.15, -0.1) is 31.7 Å². The second-order valence-electron chi connectivity index (χ2n) is 5.90. The van der Waals surface area contributed by atoms with Gasteiger partial charge >= 0.3 is 0 Å². The molecule has 0 spiro atoms. The van der Waals surface area contributed by atoms with E-state index in [-0.39, 0.29) is 0 Å². The minimum absolute atomic E-state index is 0.475. The first-order valence-corrected chi connectivity index (χ1v) is 9.08. The number of aromatic nitrogens is 5. The van der Waals surface area contributed by atoms with Crippen molar-refractivity contribution in [3.63, 3.8) is 0 Å². The first kappa shape index (κ1) is 15.7. The summed E-state index contributed by atoms with van der Waals surface area (Å²) in [6.07, 6.45) is 0. The molecule has 5 aromatic rings. The second-order valence-corrected chi connectivity index (χ2v) is 6.90. The zero-order chi connectivity index (χ0) is 18.2. The standard InChI is InChI=1S/C19H13N7S/c20-21-18-17-16(23-26-24-18)14-13(11-7-3-1-4-8-11)15(22-25-19(14)27-17)12-9-5-2-6-10-12/h1-10H,20H2,(H,21,23,24). The van der Waals surface area contributed by atoms with Crippen molar-refractivity contribution in [1.29, 1.82) is 0 Å². The summed E-state index contributed by atoms with van der Waals surface area (Å²) in [5.74, 6) is 6.07. The number of benzene rings is 2. The predicted octanol–water partition coefficient (Wildman–Crippen LogP) is 3.65. The van der Waals surface area contributed by atoms with Gasteiger partial charge in [-0.1, -0.05) is 60.7 Å². The summed E-state index contributed by atoms with van der Waals surface area (Å²) in [6, 6.07) is 20.1. The molecular formula is C19H13N7S. The van der Waals surface area contributed by atoms with E-state index in [1.54, 1.807) is 0 Å². The van der Waals surface area contributed by atoms with Gasteiger partial charge in [0.1, 0.15) is 20.7 Å². The number of hydrazine groups is 1. The Hall–Kier alpha value is -3.49. The topological polar surface area (TPSA) is 102 Å². The first-order chi connectivity index (χ1) is 13.4. The molecule has 0 bridgehead atoms. The maximum absolute atomic E-state index is 5.60. The number of hydrogen-bond acceptors (Lipinski definition) is 8. The summed E-state index contributed by atoms with van der Waals surface area (Å²) in [5.41, 5.74) is 7.10. The third-order valence-electron chi connectivity index (χ3n) is 4.34. The molecule has 130 valence electrons. The van der Waals surface area contributed by atoms with Crippen molar-refractivity contribution in [1.82, 2.24) is 25.6 Å². The highest BCUT2D eigenvalue weighted by molar-refractivity contribution is 7.26. The van der Waals surface area contributed by atoms with Gasteiger partial charge < -0.3 is 5.43 Å². The van der Waals surface area contributed by atoms with Gasteiger partial charge in [-0.25, -0.2) is 5.84 Å². The Morgan fingerprint density at radius 3 is 2.19 bits per heavy atom. The largest absolute Gasteiger partial charge is 0.306 e. The average molecular weight is 371 g/mol. The number of anilines is 1. The van der Waals surface area contributed by atoms with Crippen LogP contribution in [0, 0.1) is 0 Å². The summed E-state index contributed by atoms with van der Waals surface area (Å²) in [5, 5.41) is 22.0. The molecule has 0 fully saturated rings. The van der Waals surface area contributed by atoms with Gasteiger partial charge in [0, 0.05) is 11.1 Å². The lowest BCUT2D eigenvalue weighted by atomic mass is 9.97. The monoisotopic (exact) mass is 371 g/mol. The van der Waals surface area contributed by atoms with Crippen LogP contribution >= 0.6 is 11.3 Å². The van der Waals surface area contributed by atoms with E-state index < -0.39 is 0 Å². The van der Waals surface area contributed by atoms with Crippen molar-refractivity contribution in [3.05, 3.63) is 60.7 Å². The number of nitrogen functional groups attached to an aromatic ring is 1. The molecule has 8 heteroatoms. The van der Waals surface area contributed by atoms with E-state index in [1.807, 2.05) is 48.5 Å². The minimum atomic E-state index is 0.475. The molecule has 0 saturated carbocycles. The summed E-state index contributed by atoms with van der Waals surface area (Å²) in [4.78, 5) is 0.766. The fourth-order valence-electron chi connectivity index (χ4n) is 3.16. The Labute approximate surface area is 157 Å². The highest BCUT2D eigenvalue weighted by atomic mass is 32.1. The van der Waals surface area contributed by atoms with Crippen LogP contribution in [-0.4, -0.2) is 25.6 Å². The van der Waals surface area contributed by atoms with E-state index in [2.05, 4.69) is 43.2 Å². The molecule has 0 unspecified atom stereocenters. The smallest absolute Gasteiger partial charge is 0.184 e. The fraction of sp³-hybridized carbons (Fsp3) is 0. The Morgan fingerprint density at radius 2 is 1.48 bits per heavy atom. The number of hydrogen-bond donors (Lipinski definition) is 2. The van der Waals surface area contributed by atoms with Gasteiger partial charge in [0.2, 0.25) is 0 Å². The molecule has 2 aromatic carbocycles. The Morgan fingerprint density at radius 1 is 0.778 bits per heavy atom. The lowest BCUT2D eigenvalue weighted by Crippen LogP contribution is -2.09. The quantitative estimate of drug-likeness (QED) is 0.368. The third-order valence-corrected chi connectivity index (χ3v) is 5.41. The molecule has 3 N–H and O–H groups in total. The number of nitrogens with zero attached hydrogens (tertiary/aromatic N) is 5. The maximum Gasteiger partial charge on any atom is 0.184 e. The molecule has 0 aliphatic heterocycles. The van der Waals surface area contributed by atoms with Crippen molar-refractivity contribution in [3.8, 4) is 22.4 Å². The summed E-state index contributed by atoms with van der Waals surface area (Å²) in [6.45, 7) is 0. The van der Waals surface area contributed by atoms with Gasteiger partial charge in [0.05, 0.1) is 5.39 Å². The van der Waals surface area contributed by atoms with E-state index in [0.29, 0.717) is 11.3 Å². The van der Waals surface area contributed by atoms with Crippen molar-refractivity contribution in [2.45, 2.75) is 0 Å². The molecule has 0 aliphatic carbocycles. The highest BCUT2D eigenvalue weighted by Gasteiger charge is 2.21. The molecule has 0 radical (unpaired) electrons. The zero-order valence-corrected chi connectivity index (χ0v) is 14.8. The average Bonchev–Trinajstić information content (AvgIpc) is 3.13. The first-order valence-electron chi connectivity index (χ1n) is 8.26. The van der Waals surface area contributed by atoms with Crippen molar-refractivity contribution in [2.24, 2.45) is 5.84 Å². The van der Waals surface area contributed by atoms with Gasteiger partial charge in [0.15, 0.2) is 5.82 Å². The van der Waals surface area contributed by atoms with Crippen LogP contribution in [0.4, 0.5) is 5.82 Å². The van der Waals surface area contributed by atoms with Gasteiger partial charge in [-0.2, -0.15) is 0 Å². The molecular weight excluding hydrogens is 358 g/mol. The molecule has 0 saturated heterocycles. The predicted molar refractivity (Wildman–Crippen MR) is 107 cm³/mol. The normalized spacial score (nSPS) is 11.1. The molecule has 5 rings (SSSR count). The molecule has 7 nitrogen and oxygen atoms in total. The van der Waals surface area contributed by atoms with Gasteiger partial charge in [-0.3, -0.25) is 0 Å². The Bertz CT molecular complexity index is 1250. The molecule has 3 heterocycles. The molecule has 3 aromatic heterocycles. The molecule has 0 atom stereocenters. The van der Waals surface area contributed by atoms with E-state index >= 15 is 0 Å². The van der Waals surface area contributed by atoms with E-state index in [0.717, 1.165) is 37.3 Å². The van der Waals surface area contributed by atoms with Crippen LogP contribution in [0.2, 0.25) is 0 Å². The molecule has 0 amide bonds. The lowest BCUT2D eigenvalue weighted by molar-refractivity contribution is 0.899. The second kappa shape index (κ2) is 6.35. The van der Waals surface area contributed by atoms with Gasteiger partial charge in [0.25, 0.3) is 0 Å². The van der Waals surface area contributed by atoms with Crippen molar-refractivity contribution < 1.29 is 0 Å². The Kier molecular flexibility index (Phi) is 3.70. The minimum Gasteiger partial charge on any atom is -0.306 e. The van der Waals surface area contributed by atoms with Crippen molar-refractivity contribution >= 4 is 37.6 Å². The zero-order valence-electron chi connectivity index (χ0n) is 14.0. The number of nitrogens with two attached hydrogens (primary N) is 1. The number of nitrogens with one attached hydrogen (secondary N) is 1. The Balaban J connectivity index is 1.96. The van der Waals surface area contributed by atoms with Gasteiger partial charge in [-0.05, 0) is 10.8 Å². The number of thiophene rings is 1. The van der Waals surface area contributed by atoms with Crippen molar-refractivity contribution in [2.75, 3.05) is 5.43 Å². The summed E-state index contributed by atoms with van der Waals surface area (Å²) in [7, 11) is 0. The van der Waals surface area contributed by atoms with E-state index in [4.69, 9.17) is 5.84 Å².